The summed E-state index contributed by atoms with van der Waals surface area (Å²) < 4.78 is 28.7. The number of methoxy groups -OCH3 is 1. The van der Waals surface area contributed by atoms with Crippen molar-refractivity contribution in [3.63, 3.8) is 0 Å². The van der Waals surface area contributed by atoms with E-state index in [1.54, 1.807) is 0 Å². The molecule has 0 saturated carbocycles. The van der Waals surface area contributed by atoms with Crippen molar-refractivity contribution in [1.29, 1.82) is 0 Å². The van der Waals surface area contributed by atoms with Crippen molar-refractivity contribution >= 4 is 5.95 Å². The normalized spacial score (nSPS) is 10.6. The molecule has 0 atom stereocenters. The lowest BCUT2D eigenvalue weighted by Gasteiger charge is -2.06. The van der Waals surface area contributed by atoms with Gasteiger partial charge in [0.1, 0.15) is 0 Å². The number of alkyl halides is 2. The maximum atomic E-state index is 11.9. The van der Waals surface area contributed by atoms with Gasteiger partial charge in [0.2, 0.25) is 18.3 Å². The number of nitrogens with zero attached hydrogens (tertiary/aromatic N) is 2. The first kappa shape index (κ1) is 10.6. The molecule has 0 saturated heterocycles. The number of hydrogen-bond acceptors (Lipinski definition) is 4. The first-order valence-corrected chi connectivity index (χ1v) is 4.07. The summed E-state index contributed by atoms with van der Waals surface area (Å²) in [5.41, 5.74) is 5.85. The van der Waals surface area contributed by atoms with Gasteiger partial charge in [-0.1, -0.05) is 0 Å². The van der Waals surface area contributed by atoms with Crippen LogP contribution in [0.3, 0.4) is 0 Å². The van der Waals surface area contributed by atoms with E-state index in [1.807, 2.05) is 0 Å². The highest BCUT2D eigenvalue weighted by Gasteiger charge is 2.09. The fourth-order valence-corrected chi connectivity index (χ4v) is 1.02. The predicted molar refractivity (Wildman–Crippen MR) is 47.3 cm³/mol. The molecule has 0 unspecified atom stereocenters. The summed E-state index contributed by atoms with van der Waals surface area (Å²) in [6.45, 7) is 0. The molecule has 14 heavy (non-hydrogen) atoms. The third-order valence-corrected chi connectivity index (χ3v) is 1.67. The fraction of sp³-hybridized carbons (Fsp3) is 0.500. The van der Waals surface area contributed by atoms with Gasteiger partial charge in [-0.15, -0.1) is 0 Å². The van der Waals surface area contributed by atoms with Crippen molar-refractivity contribution in [3.05, 3.63) is 11.8 Å². The molecule has 0 bridgehead atoms. The Kier molecular flexibility index (Phi) is 3.55. The van der Waals surface area contributed by atoms with Gasteiger partial charge >= 0.3 is 0 Å². The largest absolute Gasteiger partial charge is 0.481 e. The van der Waals surface area contributed by atoms with Crippen LogP contribution in [0.15, 0.2) is 6.20 Å². The van der Waals surface area contributed by atoms with Crippen molar-refractivity contribution in [2.75, 3.05) is 12.8 Å². The van der Waals surface area contributed by atoms with E-state index in [0.717, 1.165) is 0 Å². The van der Waals surface area contributed by atoms with E-state index in [9.17, 15) is 8.78 Å². The van der Waals surface area contributed by atoms with Crippen LogP contribution in [0.1, 0.15) is 12.0 Å². The van der Waals surface area contributed by atoms with Crippen LogP contribution in [0.4, 0.5) is 14.7 Å². The number of ether oxygens (including phenoxy) is 1. The summed E-state index contributed by atoms with van der Waals surface area (Å²) >= 11 is 0. The van der Waals surface area contributed by atoms with Crippen LogP contribution >= 0.6 is 0 Å². The molecule has 1 aromatic rings. The summed E-state index contributed by atoms with van der Waals surface area (Å²) in [5, 5.41) is 0. The molecule has 6 heteroatoms. The van der Waals surface area contributed by atoms with Crippen LogP contribution in [0.2, 0.25) is 0 Å². The second-order valence-corrected chi connectivity index (χ2v) is 2.69. The highest BCUT2D eigenvalue weighted by Crippen LogP contribution is 2.18. The zero-order valence-electron chi connectivity index (χ0n) is 7.70. The van der Waals surface area contributed by atoms with Gasteiger partial charge in [-0.05, 0) is 6.42 Å². The number of halogens is 2. The van der Waals surface area contributed by atoms with Gasteiger partial charge in [0.05, 0.1) is 7.11 Å². The van der Waals surface area contributed by atoms with Gasteiger partial charge in [-0.2, -0.15) is 4.98 Å². The van der Waals surface area contributed by atoms with E-state index in [1.165, 1.54) is 13.3 Å². The molecule has 0 aliphatic carbocycles. The highest BCUT2D eigenvalue weighted by molar-refractivity contribution is 5.29. The SMILES string of the molecule is COc1nc(N)ncc1CCC(F)F. The Hall–Kier alpha value is -1.46. The topological polar surface area (TPSA) is 61.0 Å². The quantitative estimate of drug-likeness (QED) is 0.800. The van der Waals surface area contributed by atoms with E-state index in [2.05, 4.69) is 9.97 Å². The van der Waals surface area contributed by atoms with Gasteiger partial charge in [-0.3, -0.25) is 0 Å². The first-order valence-electron chi connectivity index (χ1n) is 4.07. The molecule has 0 aliphatic rings. The minimum absolute atomic E-state index is 0.0719. The zero-order chi connectivity index (χ0) is 10.6. The minimum atomic E-state index is -2.34. The average molecular weight is 203 g/mol. The Morgan fingerprint density at radius 2 is 2.29 bits per heavy atom. The molecule has 0 fully saturated rings. The van der Waals surface area contributed by atoms with Gasteiger partial charge in [0.25, 0.3) is 0 Å². The van der Waals surface area contributed by atoms with E-state index >= 15 is 0 Å². The van der Waals surface area contributed by atoms with E-state index in [-0.39, 0.29) is 24.7 Å². The van der Waals surface area contributed by atoms with Gasteiger partial charge in [0, 0.05) is 18.2 Å². The third kappa shape index (κ3) is 2.79. The first-order chi connectivity index (χ1) is 6.63. The molecule has 2 N–H and O–H groups in total. The number of anilines is 1. The molecule has 1 heterocycles. The summed E-state index contributed by atoms with van der Waals surface area (Å²) in [7, 11) is 1.41. The van der Waals surface area contributed by atoms with Crippen LogP contribution in [0.25, 0.3) is 0 Å². The summed E-state index contributed by atoms with van der Waals surface area (Å²) in [5.74, 6) is 0.334. The molecule has 1 aromatic heterocycles. The second-order valence-electron chi connectivity index (χ2n) is 2.69. The van der Waals surface area contributed by atoms with Gasteiger partial charge < -0.3 is 10.5 Å². The third-order valence-electron chi connectivity index (χ3n) is 1.67. The van der Waals surface area contributed by atoms with Crippen molar-refractivity contribution < 1.29 is 13.5 Å². The molecule has 0 spiro atoms. The number of nitrogens with two attached hydrogens (primary N) is 1. The van der Waals surface area contributed by atoms with Crippen molar-refractivity contribution in [1.82, 2.24) is 9.97 Å². The number of rotatable bonds is 4. The lowest BCUT2D eigenvalue weighted by atomic mass is 10.2. The maximum absolute atomic E-state index is 11.9. The Labute approximate surface area is 80.1 Å². The number of hydrogen-bond donors (Lipinski definition) is 1. The van der Waals surface area contributed by atoms with Crippen LogP contribution in [0, 0.1) is 0 Å². The highest BCUT2D eigenvalue weighted by atomic mass is 19.3. The van der Waals surface area contributed by atoms with E-state index in [0.29, 0.717) is 5.56 Å². The summed E-state index contributed by atoms with van der Waals surface area (Å²) in [6, 6.07) is 0. The maximum Gasteiger partial charge on any atom is 0.239 e. The lowest BCUT2D eigenvalue weighted by molar-refractivity contribution is 0.137. The summed E-state index contributed by atoms with van der Waals surface area (Å²) in [4.78, 5) is 7.48. The van der Waals surface area contributed by atoms with Crippen molar-refractivity contribution in [2.45, 2.75) is 19.3 Å². The average Bonchev–Trinajstić information content (AvgIpc) is 2.15. The Morgan fingerprint density at radius 1 is 1.57 bits per heavy atom. The molecular weight excluding hydrogens is 192 g/mol. The molecule has 0 radical (unpaired) electrons. The number of aromatic nitrogens is 2. The molecule has 0 aliphatic heterocycles. The number of nitrogen functional groups attached to an aromatic ring is 1. The second kappa shape index (κ2) is 4.69. The van der Waals surface area contributed by atoms with E-state index < -0.39 is 6.43 Å². The molecule has 78 valence electrons. The van der Waals surface area contributed by atoms with Crippen molar-refractivity contribution in [2.24, 2.45) is 0 Å². The number of aryl methyl sites for hydroxylation is 1. The Morgan fingerprint density at radius 3 is 2.86 bits per heavy atom. The standard InChI is InChI=1S/C8H11F2N3O/c1-14-7-5(2-3-6(9)10)4-12-8(11)13-7/h4,6H,2-3H2,1H3,(H2,11,12,13). The van der Waals surface area contributed by atoms with Crippen LogP contribution in [-0.2, 0) is 6.42 Å². The van der Waals surface area contributed by atoms with Crippen LogP contribution in [-0.4, -0.2) is 23.5 Å². The predicted octanol–water partition coefficient (Wildman–Crippen LogP) is 1.27. The smallest absolute Gasteiger partial charge is 0.239 e. The van der Waals surface area contributed by atoms with Crippen LogP contribution < -0.4 is 10.5 Å². The zero-order valence-corrected chi connectivity index (χ0v) is 7.70. The Bertz CT molecular complexity index is 307. The monoisotopic (exact) mass is 203 g/mol. The van der Waals surface area contributed by atoms with E-state index in [4.69, 9.17) is 10.5 Å². The lowest BCUT2D eigenvalue weighted by Crippen LogP contribution is -2.03. The summed E-state index contributed by atoms with van der Waals surface area (Å²) in [6.07, 6.45) is -0.980. The van der Waals surface area contributed by atoms with Gasteiger partial charge in [-0.25, -0.2) is 13.8 Å². The molecular formula is C8H11F2N3O. The molecule has 1 rings (SSSR count). The van der Waals surface area contributed by atoms with Crippen molar-refractivity contribution in [3.8, 4) is 5.88 Å². The Balaban J connectivity index is 2.75. The molecule has 4 nitrogen and oxygen atoms in total. The molecule has 0 amide bonds. The fourth-order valence-electron chi connectivity index (χ4n) is 1.02. The van der Waals surface area contributed by atoms with Gasteiger partial charge in [0.15, 0.2) is 0 Å². The minimum Gasteiger partial charge on any atom is -0.481 e. The van der Waals surface area contributed by atoms with Crippen LogP contribution in [0.5, 0.6) is 5.88 Å². The molecule has 0 aromatic carbocycles.